The van der Waals surface area contributed by atoms with Crippen molar-refractivity contribution >= 4 is 40.3 Å². The van der Waals surface area contributed by atoms with E-state index >= 15 is 0 Å². The minimum atomic E-state index is -0.364. The van der Waals surface area contributed by atoms with Gasteiger partial charge in [0, 0.05) is 0 Å². The molecule has 0 unspecified atom stereocenters. The fourth-order valence-electron chi connectivity index (χ4n) is 2.56. The average Bonchev–Trinajstić information content (AvgIpc) is 2.70. The van der Waals surface area contributed by atoms with Crippen molar-refractivity contribution in [1.82, 2.24) is 15.6 Å². The van der Waals surface area contributed by atoms with Gasteiger partial charge in [0.15, 0.2) is 15.9 Å². The van der Waals surface area contributed by atoms with E-state index in [0.29, 0.717) is 10.2 Å². The number of rotatable bonds is 1. The molecule has 1 aromatic rings. The van der Waals surface area contributed by atoms with E-state index in [1.165, 1.54) is 0 Å². The normalized spacial score (nSPS) is 28.2. The molecule has 0 saturated carbocycles. The van der Waals surface area contributed by atoms with Crippen LogP contribution in [0.1, 0.15) is 20.8 Å². The molecule has 2 N–H and O–H groups in total. The number of anilines is 1. The van der Waals surface area contributed by atoms with Gasteiger partial charge in [0.1, 0.15) is 0 Å². The molecule has 2 fully saturated rings. The van der Waals surface area contributed by atoms with Gasteiger partial charge < -0.3 is 10.6 Å². The molecule has 4 nitrogen and oxygen atoms in total. The average molecular weight is 292 g/mol. The lowest BCUT2D eigenvalue weighted by atomic mass is 9.91. The number of benzene rings is 1. The maximum atomic E-state index is 5.49. The van der Waals surface area contributed by atoms with E-state index in [1.807, 2.05) is 40.3 Å². The van der Waals surface area contributed by atoms with Gasteiger partial charge in [-0.1, -0.05) is 18.2 Å². The molecule has 3 rings (SSSR count). The van der Waals surface area contributed by atoms with Crippen LogP contribution >= 0.6 is 24.4 Å². The molecule has 100 valence electrons. The minimum Gasteiger partial charge on any atom is -0.352 e. The Bertz CT molecular complexity index is 557. The van der Waals surface area contributed by atoms with Gasteiger partial charge in [0.25, 0.3) is 0 Å². The molecule has 2 aliphatic rings. The van der Waals surface area contributed by atoms with Crippen molar-refractivity contribution < 1.29 is 0 Å². The van der Waals surface area contributed by atoms with Crippen molar-refractivity contribution in [2.45, 2.75) is 32.0 Å². The summed E-state index contributed by atoms with van der Waals surface area (Å²) in [6, 6.07) is 10.0. The van der Waals surface area contributed by atoms with Gasteiger partial charge in [0.2, 0.25) is 0 Å². The maximum absolute atomic E-state index is 5.49. The van der Waals surface area contributed by atoms with Gasteiger partial charge in [-0.15, -0.1) is 0 Å². The van der Waals surface area contributed by atoms with Gasteiger partial charge in [-0.25, -0.2) is 10.0 Å². The van der Waals surface area contributed by atoms with Crippen molar-refractivity contribution in [2.24, 2.45) is 0 Å². The van der Waals surface area contributed by atoms with Gasteiger partial charge in [0.05, 0.1) is 11.2 Å². The fraction of sp³-hybridized carbons (Fsp3) is 0.385. The molecule has 2 saturated heterocycles. The van der Waals surface area contributed by atoms with Gasteiger partial charge in [-0.05, 0) is 57.3 Å². The second-order valence-corrected chi connectivity index (χ2v) is 6.29. The summed E-state index contributed by atoms with van der Waals surface area (Å²) in [5.74, 6) is 0. The molecule has 19 heavy (non-hydrogen) atoms. The highest BCUT2D eigenvalue weighted by atomic mass is 32.1. The number of thiocarbonyl (C=S) groups is 2. The number of hydrogen-bond acceptors (Lipinski definition) is 2. The molecule has 0 bridgehead atoms. The molecule has 2 aliphatic heterocycles. The first-order valence-electron chi connectivity index (χ1n) is 6.16. The molecule has 0 aliphatic carbocycles. The Morgan fingerprint density at radius 3 is 2.21 bits per heavy atom. The van der Waals surface area contributed by atoms with E-state index in [2.05, 4.69) is 31.4 Å². The zero-order valence-corrected chi connectivity index (χ0v) is 12.7. The first-order valence-corrected chi connectivity index (χ1v) is 6.98. The molecule has 1 atom stereocenters. The Morgan fingerprint density at radius 1 is 0.947 bits per heavy atom. The van der Waals surface area contributed by atoms with Crippen LogP contribution in [0.15, 0.2) is 30.3 Å². The fourth-order valence-corrected chi connectivity index (χ4v) is 3.47. The lowest BCUT2D eigenvalue weighted by molar-refractivity contribution is 0.156. The number of para-hydroxylation sites is 1. The monoisotopic (exact) mass is 292 g/mol. The zero-order valence-electron chi connectivity index (χ0n) is 11.1. The quantitative estimate of drug-likeness (QED) is 0.770. The Morgan fingerprint density at radius 2 is 1.58 bits per heavy atom. The Labute approximate surface area is 123 Å². The molecular formula is C13H16N4S2. The van der Waals surface area contributed by atoms with Crippen molar-refractivity contribution in [2.75, 3.05) is 5.01 Å². The first kappa shape index (κ1) is 12.6. The van der Waals surface area contributed by atoms with Crippen molar-refractivity contribution in [3.8, 4) is 0 Å². The number of hydrazine groups is 1. The number of fused-ring (bicyclic) bond motifs is 1. The summed E-state index contributed by atoms with van der Waals surface area (Å²) < 4.78 is 0. The molecule has 0 amide bonds. The number of hydrogen-bond donors (Lipinski definition) is 2. The SMILES string of the molecule is CC1(C)NC(=S)N2N(c3ccccc3)C(=S)N[C@@]21C. The third-order valence-electron chi connectivity index (χ3n) is 4.00. The molecule has 1 aromatic carbocycles. The topological polar surface area (TPSA) is 30.5 Å². The van der Waals surface area contributed by atoms with E-state index in [0.717, 1.165) is 5.69 Å². The van der Waals surface area contributed by atoms with E-state index in [4.69, 9.17) is 24.4 Å². The van der Waals surface area contributed by atoms with Crippen LogP contribution in [0, 0.1) is 0 Å². The van der Waals surface area contributed by atoms with Crippen molar-refractivity contribution in [3.63, 3.8) is 0 Å². The highest BCUT2D eigenvalue weighted by molar-refractivity contribution is 7.81. The van der Waals surface area contributed by atoms with E-state index < -0.39 is 0 Å². The minimum absolute atomic E-state index is 0.211. The van der Waals surface area contributed by atoms with Crippen LogP contribution < -0.4 is 15.6 Å². The Kier molecular flexibility index (Phi) is 2.53. The number of nitrogens with one attached hydrogen (secondary N) is 2. The Hall–Kier alpha value is -1.40. The Balaban J connectivity index is 2.10. The van der Waals surface area contributed by atoms with Crippen LogP contribution in [0.4, 0.5) is 5.69 Å². The summed E-state index contributed by atoms with van der Waals surface area (Å²) >= 11 is 11.0. The standard InChI is InChI=1S/C13H16N4S2/c1-12(2)13(3)15-10(18)16(17(13)11(19)14-12)9-7-5-4-6-8-9/h4-8H,1-3H3,(H,14,19)(H,15,18)/t13-/m0/s1. The predicted octanol–water partition coefficient (Wildman–Crippen LogP) is 1.98. The number of nitrogens with zero attached hydrogens (tertiary/aromatic N) is 2. The lowest BCUT2D eigenvalue weighted by Crippen LogP contribution is -2.60. The van der Waals surface area contributed by atoms with Crippen LogP contribution in [0.25, 0.3) is 0 Å². The summed E-state index contributed by atoms with van der Waals surface area (Å²) in [7, 11) is 0. The predicted molar refractivity (Wildman–Crippen MR) is 84.7 cm³/mol. The second kappa shape index (κ2) is 3.80. The molecule has 6 heteroatoms. The molecular weight excluding hydrogens is 276 g/mol. The third kappa shape index (κ3) is 1.56. The van der Waals surface area contributed by atoms with Gasteiger partial charge in [-0.2, -0.15) is 0 Å². The lowest BCUT2D eigenvalue weighted by Gasteiger charge is -2.37. The summed E-state index contributed by atoms with van der Waals surface area (Å²) in [6.45, 7) is 6.33. The molecule has 0 aromatic heterocycles. The van der Waals surface area contributed by atoms with Crippen molar-refractivity contribution in [1.29, 1.82) is 0 Å². The van der Waals surface area contributed by atoms with E-state index in [-0.39, 0.29) is 11.2 Å². The van der Waals surface area contributed by atoms with Gasteiger partial charge >= 0.3 is 0 Å². The van der Waals surface area contributed by atoms with Crippen LogP contribution in [-0.2, 0) is 0 Å². The third-order valence-corrected chi connectivity index (χ3v) is 4.55. The van der Waals surface area contributed by atoms with Crippen LogP contribution in [0.3, 0.4) is 0 Å². The summed E-state index contributed by atoms with van der Waals surface area (Å²) in [5, 5.41) is 12.1. The summed E-state index contributed by atoms with van der Waals surface area (Å²) in [4.78, 5) is 0. The zero-order chi connectivity index (χ0) is 13.8. The largest absolute Gasteiger partial charge is 0.352 e. The highest BCUT2D eigenvalue weighted by Crippen LogP contribution is 2.39. The van der Waals surface area contributed by atoms with Crippen molar-refractivity contribution in [3.05, 3.63) is 30.3 Å². The van der Waals surface area contributed by atoms with E-state index in [9.17, 15) is 0 Å². The summed E-state index contributed by atoms with van der Waals surface area (Å²) in [5.41, 5.74) is 0.430. The van der Waals surface area contributed by atoms with Crippen LogP contribution in [-0.4, -0.2) is 26.4 Å². The smallest absolute Gasteiger partial charge is 0.194 e. The highest BCUT2D eigenvalue weighted by Gasteiger charge is 2.60. The molecule has 2 heterocycles. The second-order valence-electron chi connectivity index (χ2n) is 5.52. The summed E-state index contributed by atoms with van der Waals surface area (Å²) in [6.07, 6.45) is 0. The van der Waals surface area contributed by atoms with E-state index in [1.54, 1.807) is 0 Å². The van der Waals surface area contributed by atoms with Gasteiger partial charge in [-0.3, -0.25) is 0 Å². The molecule has 0 spiro atoms. The van der Waals surface area contributed by atoms with Crippen LogP contribution in [0.2, 0.25) is 0 Å². The first-order chi connectivity index (χ1) is 8.87. The maximum Gasteiger partial charge on any atom is 0.194 e. The molecule has 0 radical (unpaired) electrons. The van der Waals surface area contributed by atoms with Crippen LogP contribution in [0.5, 0.6) is 0 Å².